The fourth-order valence-corrected chi connectivity index (χ4v) is 3.31. The predicted molar refractivity (Wildman–Crippen MR) is 122 cm³/mol. The van der Waals surface area contributed by atoms with E-state index in [0.29, 0.717) is 22.5 Å². The van der Waals surface area contributed by atoms with Crippen LogP contribution < -0.4 is 10.6 Å². The first-order valence-corrected chi connectivity index (χ1v) is 10.0. The lowest BCUT2D eigenvalue weighted by Gasteiger charge is -2.11. The van der Waals surface area contributed by atoms with Gasteiger partial charge in [-0.2, -0.15) is 26.3 Å². The van der Waals surface area contributed by atoms with Gasteiger partial charge in [-0.3, -0.25) is 4.40 Å². The summed E-state index contributed by atoms with van der Waals surface area (Å²) in [5, 5.41) is 4.05. The Bertz CT molecular complexity index is 1400. The molecule has 3 heterocycles. The Morgan fingerprint density at radius 3 is 2.44 bits per heavy atom. The van der Waals surface area contributed by atoms with Gasteiger partial charge in [-0.15, -0.1) is 12.4 Å². The Morgan fingerprint density at radius 2 is 1.75 bits per heavy atom. The lowest BCUT2D eigenvalue weighted by atomic mass is 10.1. The SMILES string of the molecule is Cc1cc(-c2ccn3c(-c4cccc(NC(=O)NCC(F)(F)F)c4)cnc3c2)nc(C(F)(F)F)n1.Cl. The Hall–Kier alpha value is -3.87. The lowest BCUT2D eigenvalue weighted by molar-refractivity contribution is -0.145. The van der Waals surface area contributed by atoms with E-state index in [-0.39, 0.29) is 29.5 Å². The fourth-order valence-electron chi connectivity index (χ4n) is 3.31. The van der Waals surface area contributed by atoms with Gasteiger partial charge in [0, 0.05) is 28.7 Å². The number of aryl methyl sites for hydroxylation is 1. The molecule has 0 aliphatic heterocycles. The van der Waals surface area contributed by atoms with E-state index in [4.69, 9.17) is 0 Å². The molecule has 0 unspecified atom stereocenters. The monoisotopic (exact) mass is 530 g/mol. The number of carbonyl (C=O) groups is 1. The van der Waals surface area contributed by atoms with E-state index in [1.807, 2.05) is 0 Å². The second kappa shape index (κ2) is 10.0. The molecule has 0 saturated carbocycles. The normalized spacial score (nSPS) is 11.8. The van der Waals surface area contributed by atoms with Crippen molar-refractivity contribution >= 4 is 29.8 Å². The highest BCUT2D eigenvalue weighted by Crippen LogP contribution is 2.30. The van der Waals surface area contributed by atoms with E-state index in [0.717, 1.165) is 0 Å². The first-order valence-electron chi connectivity index (χ1n) is 10.0. The summed E-state index contributed by atoms with van der Waals surface area (Å²) in [6, 6.07) is 9.93. The van der Waals surface area contributed by atoms with Gasteiger partial charge in [0.25, 0.3) is 0 Å². The molecule has 0 aliphatic carbocycles. The number of benzene rings is 1. The molecule has 2 amide bonds. The van der Waals surface area contributed by atoms with E-state index in [9.17, 15) is 31.1 Å². The molecular weight excluding hydrogens is 514 g/mol. The van der Waals surface area contributed by atoms with Crippen molar-refractivity contribution in [3.63, 3.8) is 0 Å². The topological polar surface area (TPSA) is 84.2 Å². The molecule has 0 bridgehead atoms. The van der Waals surface area contributed by atoms with E-state index in [1.165, 1.54) is 25.3 Å². The molecule has 1 aromatic carbocycles. The van der Waals surface area contributed by atoms with Crippen LogP contribution in [0.25, 0.3) is 28.2 Å². The summed E-state index contributed by atoms with van der Waals surface area (Å²) in [5.41, 5.74) is 2.51. The van der Waals surface area contributed by atoms with Gasteiger partial charge in [-0.1, -0.05) is 12.1 Å². The maximum Gasteiger partial charge on any atom is 0.451 e. The molecule has 0 aliphatic rings. The minimum absolute atomic E-state index is 0. The summed E-state index contributed by atoms with van der Waals surface area (Å²) in [6.07, 6.45) is -6.09. The van der Waals surface area contributed by atoms with Crippen molar-refractivity contribution in [2.75, 3.05) is 11.9 Å². The van der Waals surface area contributed by atoms with Crippen molar-refractivity contribution < 1.29 is 31.1 Å². The molecule has 0 saturated heterocycles. The number of amides is 2. The lowest BCUT2D eigenvalue weighted by Crippen LogP contribution is -2.36. The molecule has 4 aromatic rings. The summed E-state index contributed by atoms with van der Waals surface area (Å²) in [5.74, 6) is -1.24. The number of aromatic nitrogens is 4. The van der Waals surface area contributed by atoms with E-state index in [2.05, 4.69) is 20.3 Å². The smallest absolute Gasteiger partial charge is 0.329 e. The Morgan fingerprint density at radius 1 is 1.00 bits per heavy atom. The van der Waals surface area contributed by atoms with Gasteiger partial charge in [0.2, 0.25) is 5.82 Å². The van der Waals surface area contributed by atoms with Crippen LogP contribution in [0.1, 0.15) is 11.5 Å². The highest BCUT2D eigenvalue weighted by atomic mass is 35.5. The molecule has 2 N–H and O–H groups in total. The zero-order valence-corrected chi connectivity index (χ0v) is 19.1. The van der Waals surface area contributed by atoms with Gasteiger partial charge in [0.1, 0.15) is 12.2 Å². The van der Waals surface area contributed by atoms with Crippen LogP contribution in [0, 0.1) is 6.92 Å². The summed E-state index contributed by atoms with van der Waals surface area (Å²) < 4.78 is 77.8. The maximum atomic E-state index is 13.1. The molecule has 0 atom stereocenters. The van der Waals surface area contributed by atoms with Crippen molar-refractivity contribution in [1.29, 1.82) is 0 Å². The van der Waals surface area contributed by atoms with Crippen molar-refractivity contribution in [1.82, 2.24) is 24.7 Å². The third kappa shape index (κ3) is 6.22. The Labute approximate surface area is 206 Å². The van der Waals surface area contributed by atoms with Crippen LogP contribution in [0.2, 0.25) is 0 Å². The van der Waals surface area contributed by atoms with Crippen LogP contribution in [0.15, 0.2) is 54.9 Å². The van der Waals surface area contributed by atoms with Crippen molar-refractivity contribution in [2.24, 2.45) is 0 Å². The number of rotatable bonds is 4. The quantitative estimate of drug-likeness (QED) is 0.322. The fraction of sp³-hybridized carbons (Fsp3) is 0.182. The zero-order chi connectivity index (χ0) is 25.4. The van der Waals surface area contributed by atoms with Crippen molar-refractivity contribution in [3.05, 3.63) is 66.4 Å². The van der Waals surface area contributed by atoms with Crippen LogP contribution in [-0.4, -0.2) is 38.1 Å². The second-order valence-corrected chi connectivity index (χ2v) is 7.51. The molecule has 0 spiro atoms. The molecule has 4 rings (SSSR count). The Kier molecular flexibility index (Phi) is 7.43. The number of nitrogens with one attached hydrogen (secondary N) is 2. The summed E-state index contributed by atoms with van der Waals surface area (Å²) in [4.78, 5) is 23.1. The highest BCUT2D eigenvalue weighted by molar-refractivity contribution is 5.90. The molecular formula is C22H17ClF6N6O. The molecule has 0 fully saturated rings. The van der Waals surface area contributed by atoms with Crippen LogP contribution in [0.3, 0.4) is 0 Å². The third-order valence-electron chi connectivity index (χ3n) is 4.78. The minimum Gasteiger partial charge on any atom is -0.329 e. The molecule has 7 nitrogen and oxygen atoms in total. The van der Waals surface area contributed by atoms with Crippen LogP contribution in [0.4, 0.5) is 36.8 Å². The highest BCUT2D eigenvalue weighted by Gasteiger charge is 2.35. The number of nitrogens with zero attached hydrogens (tertiary/aromatic N) is 4. The standard InChI is InChI=1S/C22H16F6N6O.ClH/c1-12-7-16(33-19(31-12)22(26,27)28)13-5-6-34-17(10-29-18(34)9-13)14-3-2-4-15(8-14)32-20(35)30-11-21(23,24)25;/h2-10H,11H2,1H3,(H2,30,32,35);1H. The average molecular weight is 531 g/mol. The Balaban J connectivity index is 0.00000361. The van der Waals surface area contributed by atoms with Gasteiger partial charge in [-0.25, -0.2) is 19.7 Å². The molecule has 0 radical (unpaired) electrons. The van der Waals surface area contributed by atoms with Crippen LogP contribution in [0.5, 0.6) is 0 Å². The number of imidazole rings is 1. The number of pyridine rings is 1. The first-order chi connectivity index (χ1) is 16.4. The van der Waals surface area contributed by atoms with Crippen molar-refractivity contribution in [3.8, 4) is 22.5 Å². The zero-order valence-electron chi connectivity index (χ0n) is 18.3. The summed E-state index contributed by atoms with van der Waals surface area (Å²) in [6.45, 7) is -0.0264. The van der Waals surface area contributed by atoms with Crippen LogP contribution in [-0.2, 0) is 6.18 Å². The van der Waals surface area contributed by atoms with Gasteiger partial charge < -0.3 is 10.6 Å². The summed E-state index contributed by atoms with van der Waals surface area (Å²) >= 11 is 0. The van der Waals surface area contributed by atoms with Gasteiger partial charge >= 0.3 is 18.4 Å². The van der Waals surface area contributed by atoms with Gasteiger partial charge in [-0.05, 0) is 37.3 Å². The molecule has 3 aromatic heterocycles. The number of halogens is 7. The minimum atomic E-state index is -4.69. The number of hydrogen-bond donors (Lipinski definition) is 2. The van der Waals surface area contributed by atoms with E-state index < -0.39 is 30.8 Å². The number of alkyl halides is 6. The number of anilines is 1. The van der Waals surface area contributed by atoms with Gasteiger partial charge in [0.05, 0.1) is 17.6 Å². The average Bonchev–Trinajstić information content (AvgIpc) is 3.20. The number of fused-ring (bicyclic) bond motifs is 1. The maximum absolute atomic E-state index is 13.1. The van der Waals surface area contributed by atoms with Gasteiger partial charge in [0.15, 0.2) is 0 Å². The number of urea groups is 1. The molecule has 14 heteroatoms. The number of hydrogen-bond acceptors (Lipinski definition) is 4. The molecule has 190 valence electrons. The second-order valence-electron chi connectivity index (χ2n) is 7.51. The summed E-state index contributed by atoms with van der Waals surface area (Å²) in [7, 11) is 0. The first kappa shape index (κ1) is 26.7. The van der Waals surface area contributed by atoms with E-state index >= 15 is 0 Å². The van der Waals surface area contributed by atoms with E-state index in [1.54, 1.807) is 46.2 Å². The molecule has 36 heavy (non-hydrogen) atoms. The number of carbonyl (C=O) groups excluding carboxylic acids is 1. The largest absolute Gasteiger partial charge is 0.451 e. The predicted octanol–water partition coefficient (Wildman–Crippen LogP) is 5.89. The van der Waals surface area contributed by atoms with Crippen molar-refractivity contribution in [2.45, 2.75) is 19.3 Å². The third-order valence-corrected chi connectivity index (χ3v) is 4.78. The van der Waals surface area contributed by atoms with Crippen LogP contribution >= 0.6 is 12.4 Å².